The molecule has 1 atom stereocenters. The van der Waals surface area contributed by atoms with Crippen molar-refractivity contribution in [1.82, 2.24) is 0 Å². The number of alkyl halides is 3. The van der Waals surface area contributed by atoms with Crippen molar-refractivity contribution >= 4 is 34.8 Å². The summed E-state index contributed by atoms with van der Waals surface area (Å²) in [6.45, 7) is 2.19. The Morgan fingerprint density at radius 2 is 2.00 bits per heavy atom. The fourth-order valence-electron chi connectivity index (χ4n) is 0.290. The summed E-state index contributed by atoms with van der Waals surface area (Å²) in [5.74, 6) is 0.367. The minimum atomic E-state index is -0.476. The van der Waals surface area contributed by atoms with E-state index in [2.05, 4.69) is 0 Å². The molecule has 0 N–H and O–H groups in total. The van der Waals surface area contributed by atoms with Gasteiger partial charge in [-0.05, 0) is 6.92 Å². The van der Waals surface area contributed by atoms with Crippen molar-refractivity contribution < 1.29 is 4.74 Å². The Labute approximate surface area is 70.2 Å². The van der Waals surface area contributed by atoms with Gasteiger partial charge in [0, 0.05) is 5.88 Å². The third kappa shape index (κ3) is 5.28. The number of halogens is 3. The minimum absolute atomic E-state index is 0.166. The van der Waals surface area contributed by atoms with E-state index in [4.69, 9.17) is 39.5 Å². The predicted molar refractivity (Wildman–Crippen MR) is 41.7 cm³/mol. The van der Waals surface area contributed by atoms with E-state index in [0.717, 1.165) is 0 Å². The van der Waals surface area contributed by atoms with Crippen LogP contribution >= 0.6 is 34.8 Å². The zero-order chi connectivity index (χ0) is 7.33. The lowest BCUT2D eigenvalue weighted by atomic mass is 10.2. The van der Waals surface area contributed by atoms with Crippen molar-refractivity contribution in [2.24, 2.45) is 0 Å². The first-order valence-electron chi connectivity index (χ1n) is 2.51. The molecule has 0 saturated carbocycles. The largest absolute Gasteiger partial charge is 0.364 e. The molecule has 1 unspecified atom stereocenters. The molecule has 4 heteroatoms. The maximum absolute atomic E-state index is 5.78. The van der Waals surface area contributed by atoms with Gasteiger partial charge in [0.15, 0.2) is 0 Å². The summed E-state index contributed by atoms with van der Waals surface area (Å²) in [6.07, 6.45) is 0. The summed E-state index contributed by atoms with van der Waals surface area (Å²) in [5, 5.41) is 0. The molecule has 0 radical (unpaired) electrons. The summed E-state index contributed by atoms with van der Waals surface area (Å²) >= 11 is 16.5. The molecular formula is C5H9Cl3O. The molecule has 0 amide bonds. The van der Waals surface area contributed by atoms with Crippen molar-refractivity contribution in [2.75, 3.05) is 18.6 Å². The van der Waals surface area contributed by atoms with Crippen LogP contribution in [0.5, 0.6) is 0 Å². The molecule has 0 aliphatic heterocycles. The van der Waals surface area contributed by atoms with Crippen LogP contribution in [0.2, 0.25) is 0 Å². The van der Waals surface area contributed by atoms with Crippen LogP contribution in [0.1, 0.15) is 6.92 Å². The Hall–Kier alpha value is 0.830. The molecule has 0 aromatic rings. The van der Waals surface area contributed by atoms with Crippen molar-refractivity contribution in [1.29, 1.82) is 0 Å². The van der Waals surface area contributed by atoms with Crippen LogP contribution in [0, 0.1) is 0 Å². The second kappa shape index (κ2) is 4.62. The zero-order valence-corrected chi connectivity index (χ0v) is 7.43. The lowest BCUT2D eigenvalue weighted by Crippen LogP contribution is -2.25. The Morgan fingerprint density at radius 3 is 2.33 bits per heavy atom. The van der Waals surface area contributed by atoms with Gasteiger partial charge < -0.3 is 4.74 Å². The highest BCUT2D eigenvalue weighted by molar-refractivity contribution is 6.30. The molecule has 0 aromatic carbocycles. The van der Waals surface area contributed by atoms with E-state index >= 15 is 0 Å². The zero-order valence-electron chi connectivity index (χ0n) is 5.16. The number of ether oxygens (including phenoxy) is 1. The third-order valence-electron chi connectivity index (χ3n) is 0.759. The lowest BCUT2D eigenvalue weighted by Gasteiger charge is -2.16. The van der Waals surface area contributed by atoms with Gasteiger partial charge in [0.05, 0.1) is 11.5 Å². The standard InChI is InChI=1S/C5H9Cl3O/c1-5(8,2-6)3-9-4-7/h2-4H2,1H3. The molecule has 56 valence electrons. The van der Waals surface area contributed by atoms with Gasteiger partial charge >= 0.3 is 0 Å². The van der Waals surface area contributed by atoms with Crippen molar-refractivity contribution in [2.45, 2.75) is 11.8 Å². The molecule has 9 heavy (non-hydrogen) atoms. The number of hydrogen-bond donors (Lipinski definition) is 0. The molecule has 0 rings (SSSR count). The third-order valence-corrected chi connectivity index (χ3v) is 1.88. The normalized spacial score (nSPS) is 17.3. The Kier molecular flexibility index (Phi) is 5.04. The van der Waals surface area contributed by atoms with E-state index in [-0.39, 0.29) is 6.07 Å². The molecule has 0 aromatic heterocycles. The summed E-state index contributed by atoms with van der Waals surface area (Å²) in [5.41, 5.74) is 0. The first kappa shape index (κ1) is 9.83. The highest BCUT2D eigenvalue weighted by Crippen LogP contribution is 2.16. The fourth-order valence-corrected chi connectivity index (χ4v) is 0.521. The first-order valence-corrected chi connectivity index (χ1v) is 3.95. The smallest absolute Gasteiger partial charge is 0.120 e. The highest BCUT2D eigenvalue weighted by atomic mass is 35.5. The van der Waals surface area contributed by atoms with Gasteiger partial charge in [-0.2, -0.15) is 0 Å². The van der Waals surface area contributed by atoms with E-state index in [9.17, 15) is 0 Å². The quantitative estimate of drug-likeness (QED) is 0.620. The van der Waals surface area contributed by atoms with Gasteiger partial charge in [-0.15, -0.1) is 23.2 Å². The minimum Gasteiger partial charge on any atom is -0.364 e. The van der Waals surface area contributed by atoms with Gasteiger partial charge in [0.25, 0.3) is 0 Å². The monoisotopic (exact) mass is 190 g/mol. The highest BCUT2D eigenvalue weighted by Gasteiger charge is 2.18. The average molecular weight is 191 g/mol. The van der Waals surface area contributed by atoms with E-state index in [1.54, 1.807) is 6.92 Å². The van der Waals surface area contributed by atoms with Crippen LogP contribution < -0.4 is 0 Å². The predicted octanol–water partition coefficient (Wildman–Crippen LogP) is 2.44. The van der Waals surface area contributed by atoms with Crippen LogP contribution in [-0.2, 0) is 4.74 Å². The molecule has 0 fully saturated rings. The van der Waals surface area contributed by atoms with Gasteiger partial charge in [-0.25, -0.2) is 0 Å². The Morgan fingerprint density at radius 1 is 1.44 bits per heavy atom. The van der Waals surface area contributed by atoms with Crippen molar-refractivity contribution in [3.8, 4) is 0 Å². The fraction of sp³-hybridized carbons (Fsp3) is 1.00. The van der Waals surface area contributed by atoms with Crippen LogP contribution in [0.15, 0.2) is 0 Å². The Bertz CT molecular complexity index is 74.6. The maximum atomic E-state index is 5.78. The van der Waals surface area contributed by atoms with Crippen molar-refractivity contribution in [3.63, 3.8) is 0 Å². The molecule has 0 aliphatic carbocycles. The average Bonchev–Trinajstić information content (AvgIpc) is 1.84. The van der Waals surface area contributed by atoms with Crippen LogP contribution in [0.25, 0.3) is 0 Å². The van der Waals surface area contributed by atoms with Crippen molar-refractivity contribution in [3.05, 3.63) is 0 Å². The van der Waals surface area contributed by atoms with E-state index in [1.165, 1.54) is 0 Å². The SMILES string of the molecule is CC(Cl)(CCl)COCCl. The molecule has 0 saturated heterocycles. The topological polar surface area (TPSA) is 9.23 Å². The summed E-state index contributed by atoms with van der Waals surface area (Å²) < 4.78 is 4.84. The molecule has 0 spiro atoms. The summed E-state index contributed by atoms with van der Waals surface area (Å²) in [7, 11) is 0. The molecule has 0 aliphatic rings. The molecule has 0 bridgehead atoms. The number of rotatable bonds is 4. The summed E-state index contributed by atoms with van der Waals surface area (Å²) in [6, 6.07) is 0.166. The van der Waals surface area contributed by atoms with E-state index in [1.807, 2.05) is 0 Å². The van der Waals surface area contributed by atoms with Crippen LogP contribution in [-0.4, -0.2) is 23.4 Å². The second-order valence-corrected chi connectivity index (χ2v) is 3.40. The van der Waals surface area contributed by atoms with E-state index < -0.39 is 4.87 Å². The van der Waals surface area contributed by atoms with Gasteiger partial charge in [0.1, 0.15) is 6.07 Å². The maximum Gasteiger partial charge on any atom is 0.120 e. The summed E-state index contributed by atoms with van der Waals surface area (Å²) in [4.78, 5) is -0.476. The Balaban J connectivity index is 3.33. The van der Waals surface area contributed by atoms with Gasteiger partial charge in [0.2, 0.25) is 0 Å². The second-order valence-electron chi connectivity index (χ2n) is 2.00. The lowest BCUT2D eigenvalue weighted by molar-refractivity contribution is 0.160. The first-order chi connectivity index (χ1) is 4.12. The van der Waals surface area contributed by atoms with Gasteiger partial charge in [-0.1, -0.05) is 11.6 Å². The number of hydrogen-bond acceptors (Lipinski definition) is 1. The molecule has 1 nitrogen and oxygen atoms in total. The molecular weight excluding hydrogens is 182 g/mol. The van der Waals surface area contributed by atoms with Crippen LogP contribution in [0.3, 0.4) is 0 Å². The van der Waals surface area contributed by atoms with E-state index in [0.29, 0.717) is 12.5 Å². The van der Waals surface area contributed by atoms with Gasteiger partial charge in [-0.3, -0.25) is 0 Å². The molecule has 0 heterocycles. The van der Waals surface area contributed by atoms with Crippen LogP contribution in [0.4, 0.5) is 0 Å².